The number of carbonyl (C=O) groups is 1. The Morgan fingerprint density at radius 2 is 1.55 bits per heavy atom. The smallest absolute Gasteiger partial charge is 0.412 e. The van der Waals surface area contributed by atoms with Gasteiger partial charge in [0.2, 0.25) is 34.8 Å². The Bertz CT molecular complexity index is 501. The van der Waals surface area contributed by atoms with E-state index in [1.54, 1.807) is 0 Å². The molecular weight excluding hydrogens is 309 g/mol. The topological polar surface area (TPSA) is 67.8 Å². The number of rotatable bonds is 4. The van der Waals surface area contributed by atoms with Gasteiger partial charge >= 0.3 is 15.4 Å². The number of halogens is 5. The molecule has 0 aliphatic carbocycles. The maximum absolute atomic E-state index is 13.1. The molecule has 0 saturated carbocycles. The molecule has 2 N–H and O–H groups in total. The van der Waals surface area contributed by atoms with Crippen molar-refractivity contribution in [2.45, 2.75) is 0 Å². The lowest BCUT2D eigenvalue weighted by Crippen LogP contribution is -2.38. The summed E-state index contributed by atoms with van der Waals surface area (Å²) in [5, 5.41) is 1.84. The van der Waals surface area contributed by atoms with Gasteiger partial charge in [-0.3, -0.25) is 0 Å². The number of benzene rings is 1. The molecule has 1 rings (SSSR count). The van der Waals surface area contributed by atoms with Gasteiger partial charge in [0.05, 0.1) is 6.17 Å². The standard InChI is InChI=1S/C9H8F5NO4Si/c1-18-20(17)2-15-9(16)19-8-6(13)4(11)3(10)5(12)7(8)14/h17,20H,2H2,1H3,(H,15,16). The SMILES string of the molecule is CO[SiH](O)CNC(=O)Oc1c(F)c(F)c(F)c(F)c1F. The Labute approximate surface area is 110 Å². The van der Waals surface area contributed by atoms with Crippen LogP contribution in [0.2, 0.25) is 0 Å². The van der Waals surface area contributed by atoms with Crippen LogP contribution in [0.1, 0.15) is 0 Å². The second-order valence-corrected chi connectivity index (χ2v) is 5.15. The lowest BCUT2D eigenvalue weighted by Gasteiger charge is -2.10. The molecular formula is C9H8F5NO4Si. The van der Waals surface area contributed by atoms with Crippen LogP contribution in [0.3, 0.4) is 0 Å². The van der Waals surface area contributed by atoms with Crippen molar-refractivity contribution >= 4 is 15.4 Å². The molecule has 0 fully saturated rings. The average Bonchev–Trinajstić information content (AvgIpc) is 2.44. The molecule has 0 spiro atoms. The summed E-state index contributed by atoms with van der Waals surface area (Å²) in [5.41, 5.74) is 0. The van der Waals surface area contributed by atoms with E-state index in [4.69, 9.17) is 4.80 Å². The Hall–Kier alpha value is -1.72. The fourth-order valence-electron chi connectivity index (χ4n) is 1.06. The van der Waals surface area contributed by atoms with Gasteiger partial charge < -0.3 is 19.3 Å². The molecule has 0 saturated heterocycles. The van der Waals surface area contributed by atoms with Gasteiger partial charge in [-0.1, -0.05) is 0 Å². The number of carbonyl (C=O) groups excluding carboxylic acids is 1. The van der Waals surface area contributed by atoms with Crippen LogP contribution < -0.4 is 10.1 Å². The van der Waals surface area contributed by atoms with Crippen molar-refractivity contribution in [3.8, 4) is 5.75 Å². The highest BCUT2D eigenvalue weighted by molar-refractivity contribution is 6.43. The third-order valence-electron chi connectivity index (χ3n) is 2.06. The van der Waals surface area contributed by atoms with Gasteiger partial charge in [0.15, 0.2) is 0 Å². The summed E-state index contributed by atoms with van der Waals surface area (Å²) in [6.45, 7) is 0. The zero-order valence-electron chi connectivity index (χ0n) is 9.85. The van der Waals surface area contributed by atoms with E-state index in [1.165, 1.54) is 0 Å². The van der Waals surface area contributed by atoms with Crippen LogP contribution in [0.4, 0.5) is 26.7 Å². The normalized spacial score (nSPS) is 12.2. The van der Waals surface area contributed by atoms with Gasteiger partial charge in [-0.15, -0.1) is 0 Å². The van der Waals surface area contributed by atoms with Crippen LogP contribution >= 0.6 is 0 Å². The molecule has 11 heteroatoms. The van der Waals surface area contributed by atoms with Gasteiger partial charge in [0.1, 0.15) is 0 Å². The highest BCUT2D eigenvalue weighted by Gasteiger charge is 2.28. The van der Waals surface area contributed by atoms with Crippen LogP contribution in [0.5, 0.6) is 5.75 Å². The molecule has 0 bridgehead atoms. The van der Waals surface area contributed by atoms with Crippen LogP contribution in [-0.4, -0.2) is 33.5 Å². The van der Waals surface area contributed by atoms with Crippen molar-refractivity contribution in [1.29, 1.82) is 0 Å². The number of nitrogens with one attached hydrogen (secondary N) is 1. The van der Waals surface area contributed by atoms with E-state index < -0.39 is 50.2 Å². The van der Waals surface area contributed by atoms with E-state index in [1.807, 2.05) is 5.32 Å². The van der Waals surface area contributed by atoms with Crippen LogP contribution in [-0.2, 0) is 4.43 Å². The van der Waals surface area contributed by atoms with Crippen molar-refractivity contribution < 1.29 is 40.7 Å². The van der Waals surface area contributed by atoms with Gasteiger partial charge in [-0.05, 0) is 0 Å². The minimum atomic E-state index is -2.71. The molecule has 1 aromatic carbocycles. The number of ether oxygens (including phenoxy) is 1. The minimum absolute atomic E-state index is 0.384. The monoisotopic (exact) mass is 317 g/mol. The van der Waals surface area contributed by atoms with Gasteiger partial charge in [0.25, 0.3) is 0 Å². The molecule has 1 unspecified atom stereocenters. The largest absolute Gasteiger partial charge is 0.412 e. The van der Waals surface area contributed by atoms with E-state index >= 15 is 0 Å². The van der Waals surface area contributed by atoms with Crippen LogP contribution in [0, 0.1) is 29.1 Å². The van der Waals surface area contributed by atoms with Gasteiger partial charge in [-0.2, -0.15) is 8.78 Å². The third-order valence-corrected chi connectivity index (χ3v) is 3.15. The maximum atomic E-state index is 13.1. The van der Waals surface area contributed by atoms with Crippen molar-refractivity contribution in [2.24, 2.45) is 0 Å². The first-order valence-electron chi connectivity index (χ1n) is 4.97. The second-order valence-electron chi connectivity index (χ2n) is 3.36. The molecule has 1 amide bonds. The molecule has 1 aromatic rings. The first-order chi connectivity index (χ1) is 9.29. The zero-order chi connectivity index (χ0) is 15.4. The molecule has 112 valence electrons. The number of hydrogen-bond donors (Lipinski definition) is 2. The molecule has 0 radical (unpaired) electrons. The first-order valence-corrected chi connectivity index (χ1v) is 6.78. The average molecular weight is 317 g/mol. The van der Waals surface area contributed by atoms with Gasteiger partial charge in [0, 0.05) is 7.11 Å². The first kappa shape index (κ1) is 16.3. The van der Waals surface area contributed by atoms with Crippen LogP contribution in [0.15, 0.2) is 0 Å². The zero-order valence-corrected chi connectivity index (χ0v) is 11.0. The van der Waals surface area contributed by atoms with E-state index in [2.05, 4.69) is 9.16 Å². The maximum Gasteiger partial charge on any atom is 0.412 e. The summed E-state index contributed by atoms with van der Waals surface area (Å²) in [6.07, 6.45) is -1.89. The Morgan fingerprint density at radius 3 is 2.00 bits per heavy atom. The lowest BCUT2D eigenvalue weighted by molar-refractivity contribution is 0.193. The predicted molar refractivity (Wildman–Crippen MR) is 56.6 cm³/mol. The van der Waals surface area contributed by atoms with Crippen molar-refractivity contribution in [3.05, 3.63) is 29.1 Å². The summed E-state index contributed by atoms with van der Waals surface area (Å²) in [4.78, 5) is 20.1. The number of amides is 1. The Kier molecular flexibility index (Phi) is 5.41. The minimum Gasteiger partial charge on any atom is -0.412 e. The van der Waals surface area contributed by atoms with Crippen molar-refractivity contribution in [3.63, 3.8) is 0 Å². The Balaban J connectivity index is 2.91. The fourth-order valence-corrected chi connectivity index (χ4v) is 1.57. The summed E-state index contributed by atoms with van der Waals surface area (Å²) < 4.78 is 73.0. The van der Waals surface area contributed by atoms with Crippen LogP contribution in [0.25, 0.3) is 0 Å². The predicted octanol–water partition coefficient (Wildman–Crippen LogP) is 0.869. The van der Waals surface area contributed by atoms with Crippen molar-refractivity contribution in [2.75, 3.05) is 13.3 Å². The second kappa shape index (κ2) is 6.63. The summed E-state index contributed by atoms with van der Waals surface area (Å²) in [6, 6.07) is 0. The molecule has 0 aliphatic heterocycles. The van der Waals surface area contributed by atoms with Gasteiger partial charge in [-0.25, -0.2) is 18.0 Å². The van der Waals surface area contributed by atoms with E-state index in [0.29, 0.717) is 0 Å². The molecule has 0 aliphatic rings. The van der Waals surface area contributed by atoms with E-state index in [-0.39, 0.29) is 6.17 Å². The molecule has 5 nitrogen and oxygen atoms in total. The number of hydrogen-bond acceptors (Lipinski definition) is 4. The Morgan fingerprint density at radius 1 is 1.10 bits per heavy atom. The fraction of sp³-hybridized carbons (Fsp3) is 0.222. The van der Waals surface area contributed by atoms with E-state index in [9.17, 15) is 26.7 Å². The highest BCUT2D eigenvalue weighted by atomic mass is 28.3. The summed E-state index contributed by atoms with van der Waals surface area (Å²) in [7, 11) is -1.54. The molecule has 0 aromatic heterocycles. The lowest BCUT2D eigenvalue weighted by atomic mass is 10.3. The van der Waals surface area contributed by atoms with E-state index in [0.717, 1.165) is 7.11 Å². The molecule has 20 heavy (non-hydrogen) atoms. The quantitative estimate of drug-likeness (QED) is 0.374. The summed E-state index contributed by atoms with van der Waals surface area (Å²) in [5.74, 6) is -13.1. The molecule has 1 atom stereocenters. The molecule has 0 heterocycles. The van der Waals surface area contributed by atoms with Crippen molar-refractivity contribution in [1.82, 2.24) is 5.32 Å². The summed E-state index contributed by atoms with van der Waals surface area (Å²) >= 11 is 0. The highest BCUT2D eigenvalue weighted by Crippen LogP contribution is 2.29. The third kappa shape index (κ3) is 3.43.